The molecule has 0 radical (unpaired) electrons. The highest BCUT2D eigenvalue weighted by atomic mass is 32.2. The first-order chi connectivity index (χ1) is 15.2. The normalized spacial score (nSPS) is 13.3. The van der Waals surface area contributed by atoms with E-state index in [0.717, 1.165) is 10.3 Å². The van der Waals surface area contributed by atoms with Gasteiger partial charge in [0.15, 0.2) is 0 Å². The molecule has 146 valence electrons. The zero-order valence-corrected chi connectivity index (χ0v) is 17.8. The van der Waals surface area contributed by atoms with E-state index in [9.17, 15) is 4.21 Å². The highest BCUT2D eigenvalue weighted by molar-refractivity contribution is 7.84. The summed E-state index contributed by atoms with van der Waals surface area (Å²) in [7, 11) is -1.05. The lowest BCUT2D eigenvalue weighted by atomic mass is 9.88. The van der Waals surface area contributed by atoms with E-state index in [4.69, 9.17) is 0 Å². The summed E-state index contributed by atoms with van der Waals surface area (Å²) in [6.45, 7) is 0. The van der Waals surface area contributed by atoms with E-state index in [-0.39, 0.29) is 0 Å². The second-order valence-electron chi connectivity index (χ2n) is 8.37. The second kappa shape index (κ2) is 6.03. The fraction of sp³-hybridized carbons (Fsp3) is 0.0345. The Bertz CT molecular complexity index is 1860. The highest BCUT2D eigenvalue weighted by Crippen LogP contribution is 2.43. The first-order valence-electron chi connectivity index (χ1n) is 10.5. The van der Waals surface area contributed by atoms with Crippen LogP contribution in [0.1, 0.15) is 0 Å². The fourth-order valence-corrected chi connectivity index (χ4v) is 6.00. The largest absolute Gasteiger partial charge is 0.255 e. The quantitative estimate of drug-likeness (QED) is 0.251. The van der Waals surface area contributed by atoms with Crippen LogP contribution < -0.4 is 0 Å². The van der Waals surface area contributed by atoms with Crippen molar-refractivity contribution >= 4 is 75.4 Å². The summed E-state index contributed by atoms with van der Waals surface area (Å²) in [5.41, 5.74) is 0. The third kappa shape index (κ3) is 2.23. The van der Waals surface area contributed by atoms with Crippen LogP contribution in [-0.2, 0) is 10.8 Å². The van der Waals surface area contributed by atoms with Crippen LogP contribution in [0.15, 0.2) is 95.9 Å². The lowest BCUT2D eigenvalue weighted by Gasteiger charge is -2.16. The molecule has 2 heteroatoms. The van der Waals surface area contributed by atoms with Crippen molar-refractivity contribution in [2.75, 3.05) is 6.26 Å². The molecule has 1 atom stereocenters. The molecular weight excluding hydrogens is 396 g/mol. The molecule has 31 heavy (non-hydrogen) atoms. The first-order valence-corrected chi connectivity index (χ1v) is 12.0. The molecule has 0 heterocycles. The van der Waals surface area contributed by atoms with E-state index < -0.39 is 10.8 Å². The summed E-state index contributed by atoms with van der Waals surface area (Å²) in [6, 6.07) is 32.9. The Morgan fingerprint density at radius 3 is 1.39 bits per heavy atom. The van der Waals surface area contributed by atoms with Crippen LogP contribution in [-0.4, -0.2) is 10.5 Å². The summed E-state index contributed by atoms with van der Waals surface area (Å²) < 4.78 is 12.5. The lowest BCUT2D eigenvalue weighted by Crippen LogP contribution is -1.91. The van der Waals surface area contributed by atoms with E-state index in [0.29, 0.717) is 0 Å². The average molecular weight is 415 g/mol. The Balaban J connectivity index is 2.00. The zero-order valence-electron chi connectivity index (χ0n) is 17.0. The molecule has 1 unspecified atom stereocenters. The van der Waals surface area contributed by atoms with Crippen LogP contribution in [0.5, 0.6) is 0 Å². The Morgan fingerprint density at radius 1 is 0.484 bits per heavy atom. The van der Waals surface area contributed by atoms with E-state index in [1.165, 1.54) is 59.2 Å². The topological polar surface area (TPSA) is 17.1 Å². The number of hydrogen-bond acceptors (Lipinski definition) is 1. The van der Waals surface area contributed by atoms with Crippen LogP contribution >= 0.6 is 0 Å². The van der Waals surface area contributed by atoms with Gasteiger partial charge in [0.05, 0.1) is 0 Å². The minimum atomic E-state index is -1.05. The number of benzene rings is 6. The number of fused-ring (bicyclic) bond motifs is 2. The molecule has 1 nitrogen and oxygen atoms in total. The molecule has 0 fully saturated rings. The zero-order chi connectivity index (χ0) is 20.7. The molecule has 0 aliphatic rings. The van der Waals surface area contributed by atoms with Gasteiger partial charge in [-0.1, -0.05) is 78.9 Å². The molecule has 0 aliphatic carbocycles. The highest BCUT2D eigenvalue weighted by Gasteiger charge is 2.16. The standard InChI is InChI=1S/C29H18OS/c1-31(30)21-15-20-14-13-19-6-3-9-23-22-8-2-5-17-11-12-18-7-4-10-24(28(18)26(17)22)25(16-21)29(20)27(19)23/h2-16H,1H3. The third-order valence-corrected chi connectivity index (χ3v) is 7.63. The van der Waals surface area contributed by atoms with Gasteiger partial charge < -0.3 is 0 Å². The van der Waals surface area contributed by atoms with Crippen LogP contribution in [0.4, 0.5) is 0 Å². The Labute approximate surface area is 181 Å². The fourth-order valence-electron chi connectivity index (χ4n) is 5.42. The van der Waals surface area contributed by atoms with Crippen molar-refractivity contribution in [2.24, 2.45) is 0 Å². The minimum absolute atomic E-state index is 0.873. The van der Waals surface area contributed by atoms with Crippen molar-refractivity contribution in [2.45, 2.75) is 4.90 Å². The van der Waals surface area contributed by atoms with E-state index in [2.05, 4.69) is 91.0 Å². The maximum atomic E-state index is 12.5. The van der Waals surface area contributed by atoms with E-state index in [1.807, 2.05) is 0 Å². The second-order valence-corrected chi connectivity index (χ2v) is 9.74. The van der Waals surface area contributed by atoms with Crippen LogP contribution in [0.2, 0.25) is 0 Å². The lowest BCUT2D eigenvalue weighted by molar-refractivity contribution is 0.687. The van der Waals surface area contributed by atoms with E-state index >= 15 is 0 Å². The van der Waals surface area contributed by atoms with Gasteiger partial charge in [0, 0.05) is 22.0 Å². The Morgan fingerprint density at radius 2 is 0.903 bits per heavy atom. The maximum absolute atomic E-state index is 12.5. The van der Waals surface area contributed by atoms with Gasteiger partial charge in [-0.05, 0) is 76.8 Å². The molecule has 0 N–H and O–H groups in total. The predicted octanol–water partition coefficient (Wildman–Crippen LogP) is 7.78. The van der Waals surface area contributed by atoms with Crippen molar-refractivity contribution in [3.05, 3.63) is 91.0 Å². The average Bonchev–Trinajstić information content (AvgIpc) is 2.80. The molecule has 0 amide bonds. The summed E-state index contributed by atoms with van der Waals surface area (Å²) >= 11 is 0. The smallest absolute Gasteiger partial charge is 0.0498 e. The monoisotopic (exact) mass is 414 g/mol. The minimum Gasteiger partial charge on any atom is -0.255 e. The van der Waals surface area contributed by atoms with Crippen molar-refractivity contribution in [1.29, 1.82) is 0 Å². The van der Waals surface area contributed by atoms with Crippen molar-refractivity contribution < 1.29 is 4.21 Å². The number of hydrogen-bond donors (Lipinski definition) is 0. The molecule has 0 saturated carbocycles. The van der Waals surface area contributed by atoms with Gasteiger partial charge in [-0.2, -0.15) is 0 Å². The van der Waals surface area contributed by atoms with Gasteiger partial charge in [0.25, 0.3) is 0 Å². The van der Waals surface area contributed by atoms with Gasteiger partial charge in [-0.3, -0.25) is 4.21 Å². The molecule has 0 spiro atoms. The van der Waals surface area contributed by atoms with Crippen LogP contribution in [0.3, 0.4) is 0 Å². The molecule has 7 aromatic rings. The molecule has 7 rings (SSSR count). The maximum Gasteiger partial charge on any atom is 0.0498 e. The van der Waals surface area contributed by atoms with Gasteiger partial charge in [-0.25, -0.2) is 0 Å². The molecule has 0 bridgehead atoms. The first kappa shape index (κ1) is 17.2. The van der Waals surface area contributed by atoms with Crippen molar-refractivity contribution in [3.63, 3.8) is 0 Å². The summed E-state index contributed by atoms with van der Waals surface area (Å²) in [6.07, 6.45) is 1.76. The molecular formula is C29H18OS. The molecule has 0 aromatic heterocycles. The summed E-state index contributed by atoms with van der Waals surface area (Å²) in [5.74, 6) is 0. The molecule has 0 aliphatic heterocycles. The van der Waals surface area contributed by atoms with Gasteiger partial charge in [-0.15, -0.1) is 0 Å². The Hall–Kier alpha value is -3.49. The summed E-state index contributed by atoms with van der Waals surface area (Å²) in [5, 5.41) is 14.9. The van der Waals surface area contributed by atoms with Crippen molar-refractivity contribution in [1.82, 2.24) is 0 Å². The molecule has 0 saturated heterocycles. The number of rotatable bonds is 1. The van der Waals surface area contributed by atoms with Gasteiger partial charge >= 0.3 is 0 Å². The van der Waals surface area contributed by atoms with Crippen LogP contribution in [0.25, 0.3) is 64.6 Å². The van der Waals surface area contributed by atoms with Gasteiger partial charge in [0.2, 0.25) is 0 Å². The van der Waals surface area contributed by atoms with E-state index in [1.54, 1.807) is 6.26 Å². The SMILES string of the molecule is CS(=O)c1cc2ccc3cccc4c5cccc6ccc7cccc(c(c1)c2c34)c7c65. The molecule has 7 aromatic carbocycles. The van der Waals surface area contributed by atoms with Gasteiger partial charge in [0.1, 0.15) is 0 Å². The van der Waals surface area contributed by atoms with Crippen molar-refractivity contribution in [3.8, 4) is 0 Å². The Kier molecular flexibility index (Phi) is 3.35. The third-order valence-electron chi connectivity index (χ3n) is 6.73. The van der Waals surface area contributed by atoms with Crippen LogP contribution in [0, 0.1) is 0 Å². The summed E-state index contributed by atoms with van der Waals surface area (Å²) in [4.78, 5) is 0.873. The predicted molar refractivity (Wildman–Crippen MR) is 135 cm³/mol.